The Labute approximate surface area is 123 Å². The first-order valence-electron chi connectivity index (χ1n) is 6.59. The average molecular weight is 318 g/mol. The summed E-state index contributed by atoms with van der Waals surface area (Å²) in [4.78, 5) is 9.63. The lowest BCUT2D eigenvalue weighted by atomic mass is 10.2. The number of nitro groups is 1. The molecule has 0 saturated carbocycles. The molecule has 118 valence electrons. The highest BCUT2D eigenvalue weighted by Gasteiger charge is 2.30. The van der Waals surface area contributed by atoms with E-state index in [0.717, 1.165) is 12.1 Å². The predicted octanol–water partition coefficient (Wildman–Crippen LogP) is 2.85. The third-order valence-corrected chi connectivity index (χ3v) is 5.61. The summed E-state index contributed by atoms with van der Waals surface area (Å²) in [6.07, 6.45) is 1.24. The van der Waals surface area contributed by atoms with E-state index in [1.807, 2.05) is 13.8 Å². The summed E-state index contributed by atoms with van der Waals surface area (Å²) in [6.45, 7) is 5.14. The lowest BCUT2D eigenvalue weighted by molar-refractivity contribution is -0.387. The van der Waals surface area contributed by atoms with Crippen molar-refractivity contribution in [1.29, 1.82) is 0 Å². The number of rotatable bonds is 6. The van der Waals surface area contributed by atoms with E-state index in [-0.39, 0.29) is 16.5 Å². The second-order valence-corrected chi connectivity index (χ2v) is 6.78. The Morgan fingerprint density at radius 1 is 1.33 bits per heavy atom. The molecule has 0 aliphatic carbocycles. The first-order valence-corrected chi connectivity index (χ1v) is 8.03. The molecule has 0 fully saturated rings. The van der Waals surface area contributed by atoms with Crippen LogP contribution in [0, 0.1) is 22.9 Å². The van der Waals surface area contributed by atoms with Gasteiger partial charge >= 0.3 is 5.69 Å². The fraction of sp³-hybridized carbons (Fsp3) is 0.538. The monoisotopic (exact) mass is 318 g/mol. The second kappa shape index (κ2) is 6.48. The molecule has 1 rings (SSSR count). The van der Waals surface area contributed by atoms with Gasteiger partial charge in [-0.3, -0.25) is 10.1 Å². The molecule has 1 aromatic carbocycles. The highest BCUT2D eigenvalue weighted by atomic mass is 32.2. The maximum Gasteiger partial charge on any atom is 0.306 e. The van der Waals surface area contributed by atoms with Crippen LogP contribution in [0.5, 0.6) is 0 Å². The van der Waals surface area contributed by atoms with Crippen LogP contribution >= 0.6 is 0 Å². The Kier molecular flexibility index (Phi) is 5.41. The first-order chi connectivity index (χ1) is 9.66. The van der Waals surface area contributed by atoms with E-state index in [9.17, 15) is 22.9 Å². The standard InChI is InChI=1S/C13H19FN2O4S/c1-5-10(6-2)15(4)21(19,20)13-8-12(16(17)18)11(14)7-9(13)3/h7-8,10H,5-6H2,1-4H3. The summed E-state index contributed by atoms with van der Waals surface area (Å²) in [5.41, 5.74) is -0.687. The van der Waals surface area contributed by atoms with Crippen molar-refractivity contribution >= 4 is 15.7 Å². The van der Waals surface area contributed by atoms with Gasteiger partial charge in [-0.25, -0.2) is 8.42 Å². The molecular weight excluding hydrogens is 299 g/mol. The summed E-state index contributed by atoms with van der Waals surface area (Å²) in [7, 11) is -2.47. The van der Waals surface area contributed by atoms with Gasteiger partial charge in [0.15, 0.2) is 0 Å². The van der Waals surface area contributed by atoms with Crippen molar-refractivity contribution in [1.82, 2.24) is 4.31 Å². The molecule has 0 aliphatic heterocycles. The minimum absolute atomic E-state index is 0.149. The van der Waals surface area contributed by atoms with Gasteiger partial charge in [-0.15, -0.1) is 0 Å². The van der Waals surface area contributed by atoms with Crippen molar-refractivity contribution < 1.29 is 17.7 Å². The van der Waals surface area contributed by atoms with Crippen molar-refractivity contribution in [2.24, 2.45) is 0 Å². The number of sulfonamides is 1. The number of hydrogen-bond acceptors (Lipinski definition) is 4. The molecule has 0 aliphatic rings. The summed E-state index contributed by atoms with van der Waals surface area (Å²) >= 11 is 0. The van der Waals surface area contributed by atoms with Crippen LogP contribution in [-0.2, 0) is 10.0 Å². The fourth-order valence-corrected chi connectivity index (χ4v) is 3.94. The highest BCUT2D eigenvalue weighted by Crippen LogP contribution is 2.28. The third kappa shape index (κ3) is 3.38. The second-order valence-electron chi connectivity index (χ2n) is 4.82. The van der Waals surface area contributed by atoms with Gasteiger partial charge < -0.3 is 0 Å². The number of nitrogens with zero attached hydrogens (tertiary/aromatic N) is 2. The highest BCUT2D eigenvalue weighted by molar-refractivity contribution is 7.89. The van der Waals surface area contributed by atoms with Gasteiger partial charge in [-0.1, -0.05) is 13.8 Å². The average Bonchev–Trinajstić information content (AvgIpc) is 2.39. The number of nitro benzene ring substituents is 1. The number of hydrogen-bond donors (Lipinski definition) is 0. The van der Waals surface area contributed by atoms with Crippen molar-refractivity contribution in [2.75, 3.05) is 7.05 Å². The van der Waals surface area contributed by atoms with E-state index >= 15 is 0 Å². The lowest BCUT2D eigenvalue weighted by Gasteiger charge is -2.26. The van der Waals surface area contributed by atoms with Crippen LogP contribution in [0.1, 0.15) is 32.3 Å². The van der Waals surface area contributed by atoms with Crippen LogP contribution in [0.4, 0.5) is 10.1 Å². The summed E-state index contributed by atoms with van der Waals surface area (Å²) < 4.78 is 39.9. The molecule has 0 saturated heterocycles. The molecule has 0 aromatic heterocycles. The smallest absolute Gasteiger partial charge is 0.258 e. The minimum Gasteiger partial charge on any atom is -0.258 e. The molecular formula is C13H19FN2O4S. The largest absolute Gasteiger partial charge is 0.306 e. The zero-order valence-corrected chi connectivity index (χ0v) is 13.3. The van der Waals surface area contributed by atoms with Crippen molar-refractivity contribution in [3.8, 4) is 0 Å². The zero-order valence-electron chi connectivity index (χ0n) is 12.5. The van der Waals surface area contributed by atoms with E-state index in [1.165, 1.54) is 18.3 Å². The van der Waals surface area contributed by atoms with Crippen molar-refractivity contribution in [2.45, 2.75) is 44.6 Å². The van der Waals surface area contributed by atoms with Crippen LogP contribution < -0.4 is 0 Å². The number of benzene rings is 1. The molecule has 0 unspecified atom stereocenters. The Hall–Kier alpha value is -1.54. The number of halogens is 1. The van der Waals surface area contributed by atoms with E-state index in [0.29, 0.717) is 12.8 Å². The molecule has 6 nitrogen and oxygen atoms in total. The quantitative estimate of drug-likeness (QED) is 0.596. The first kappa shape index (κ1) is 17.5. The van der Waals surface area contributed by atoms with Gasteiger partial charge in [0.25, 0.3) is 0 Å². The normalized spacial score (nSPS) is 12.1. The Balaban J connectivity index is 3.44. The topological polar surface area (TPSA) is 80.5 Å². The van der Waals surface area contributed by atoms with Gasteiger partial charge in [0.1, 0.15) is 0 Å². The number of aryl methyl sites for hydroxylation is 1. The molecule has 0 spiro atoms. The molecule has 0 radical (unpaired) electrons. The molecule has 8 heteroatoms. The maximum atomic E-state index is 13.5. The van der Waals surface area contributed by atoms with Crippen molar-refractivity contribution in [3.63, 3.8) is 0 Å². The third-order valence-electron chi connectivity index (χ3n) is 3.55. The van der Waals surface area contributed by atoms with Gasteiger partial charge in [-0.2, -0.15) is 8.70 Å². The maximum absolute atomic E-state index is 13.5. The van der Waals surface area contributed by atoms with Crippen LogP contribution in [0.3, 0.4) is 0 Å². The van der Waals surface area contributed by atoms with Crippen LogP contribution in [0.15, 0.2) is 17.0 Å². The van der Waals surface area contributed by atoms with Gasteiger partial charge in [0.05, 0.1) is 9.82 Å². The van der Waals surface area contributed by atoms with Crippen molar-refractivity contribution in [3.05, 3.63) is 33.6 Å². The molecule has 21 heavy (non-hydrogen) atoms. The van der Waals surface area contributed by atoms with Crippen LogP contribution in [0.25, 0.3) is 0 Å². The predicted molar refractivity (Wildman–Crippen MR) is 77.1 cm³/mol. The fourth-order valence-electron chi connectivity index (χ4n) is 2.21. The minimum atomic E-state index is -3.90. The molecule has 0 atom stereocenters. The molecule has 0 bridgehead atoms. The lowest BCUT2D eigenvalue weighted by Crippen LogP contribution is -2.36. The van der Waals surface area contributed by atoms with Gasteiger partial charge in [0, 0.05) is 19.2 Å². The zero-order chi connectivity index (χ0) is 16.4. The summed E-state index contributed by atoms with van der Waals surface area (Å²) in [5, 5.41) is 10.8. The summed E-state index contributed by atoms with van der Waals surface area (Å²) in [5.74, 6) is -1.04. The molecule has 0 N–H and O–H groups in total. The molecule has 0 amide bonds. The summed E-state index contributed by atoms with van der Waals surface area (Å²) in [6, 6.07) is 1.46. The molecule has 0 heterocycles. The van der Waals surface area contributed by atoms with E-state index in [1.54, 1.807) is 0 Å². The molecule has 1 aromatic rings. The van der Waals surface area contributed by atoms with E-state index in [4.69, 9.17) is 0 Å². The Morgan fingerprint density at radius 3 is 2.29 bits per heavy atom. The SMILES string of the molecule is CCC(CC)N(C)S(=O)(=O)c1cc([N+](=O)[O-])c(F)cc1C. The van der Waals surface area contributed by atoms with Gasteiger partial charge in [-0.05, 0) is 31.4 Å². The van der Waals surface area contributed by atoms with E-state index in [2.05, 4.69) is 0 Å². The van der Waals surface area contributed by atoms with Crippen LogP contribution in [0.2, 0.25) is 0 Å². The Bertz CT molecular complexity index is 642. The van der Waals surface area contributed by atoms with E-state index < -0.39 is 26.5 Å². The Morgan fingerprint density at radius 2 is 1.86 bits per heavy atom. The van der Waals surface area contributed by atoms with Gasteiger partial charge in [0.2, 0.25) is 15.8 Å². The van der Waals surface area contributed by atoms with Crippen LogP contribution in [-0.4, -0.2) is 30.7 Å².